The standard InChI is InChI=1S/C18H18N2O/c1-18(14-19,12-15-8-4-2-5-9-15)13-17(21)20-16-10-6-3-7-11-16/h2-11H,12-13H2,1H3,(H,20,21). The van der Waals surface area contributed by atoms with Crippen molar-refractivity contribution in [2.45, 2.75) is 19.8 Å². The number of carbonyl (C=O) groups is 1. The van der Waals surface area contributed by atoms with Crippen LogP contribution < -0.4 is 5.32 Å². The van der Waals surface area contributed by atoms with Crippen LogP contribution in [-0.4, -0.2) is 5.91 Å². The molecule has 106 valence electrons. The van der Waals surface area contributed by atoms with E-state index in [1.807, 2.05) is 67.6 Å². The molecule has 0 radical (unpaired) electrons. The van der Waals surface area contributed by atoms with Crippen LogP contribution in [0.5, 0.6) is 0 Å². The molecule has 1 atom stereocenters. The Morgan fingerprint density at radius 1 is 1.10 bits per heavy atom. The molecule has 2 aromatic rings. The van der Waals surface area contributed by atoms with Gasteiger partial charge in [-0.3, -0.25) is 4.79 Å². The molecule has 0 bridgehead atoms. The first kappa shape index (κ1) is 14.8. The highest BCUT2D eigenvalue weighted by atomic mass is 16.1. The van der Waals surface area contributed by atoms with Crippen LogP contribution in [0.15, 0.2) is 60.7 Å². The molecule has 0 saturated heterocycles. The quantitative estimate of drug-likeness (QED) is 0.904. The minimum absolute atomic E-state index is 0.138. The SMILES string of the molecule is CC(C#N)(CC(=O)Nc1ccccc1)Cc1ccccc1. The van der Waals surface area contributed by atoms with Crippen molar-refractivity contribution in [3.8, 4) is 6.07 Å². The van der Waals surface area contributed by atoms with E-state index >= 15 is 0 Å². The molecular weight excluding hydrogens is 260 g/mol. The zero-order valence-corrected chi connectivity index (χ0v) is 12.0. The highest BCUT2D eigenvalue weighted by Gasteiger charge is 2.27. The van der Waals surface area contributed by atoms with Gasteiger partial charge < -0.3 is 5.32 Å². The number of benzene rings is 2. The van der Waals surface area contributed by atoms with Gasteiger partial charge in [-0.05, 0) is 31.0 Å². The third-order valence-electron chi connectivity index (χ3n) is 3.32. The number of anilines is 1. The van der Waals surface area contributed by atoms with Crippen molar-refractivity contribution in [3.05, 3.63) is 66.2 Å². The Balaban J connectivity index is 2.01. The molecule has 0 aliphatic rings. The summed E-state index contributed by atoms with van der Waals surface area (Å²) in [5.41, 5.74) is 1.11. The summed E-state index contributed by atoms with van der Waals surface area (Å²) in [6.07, 6.45) is 0.736. The van der Waals surface area contributed by atoms with Crippen LogP contribution in [0.25, 0.3) is 0 Å². The van der Waals surface area contributed by atoms with Crippen LogP contribution in [0.4, 0.5) is 5.69 Å². The van der Waals surface area contributed by atoms with Gasteiger partial charge in [0.15, 0.2) is 0 Å². The molecule has 0 aliphatic heterocycles. The minimum Gasteiger partial charge on any atom is -0.326 e. The number of carbonyl (C=O) groups excluding carboxylic acids is 1. The molecule has 1 N–H and O–H groups in total. The van der Waals surface area contributed by atoms with E-state index in [4.69, 9.17) is 0 Å². The van der Waals surface area contributed by atoms with Gasteiger partial charge in [0.2, 0.25) is 5.91 Å². The Morgan fingerprint density at radius 3 is 2.24 bits per heavy atom. The van der Waals surface area contributed by atoms with Gasteiger partial charge in [0.1, 0.15) is 0 Å². The molecule has 0 aliphatic carbocycles. The molecule has 0 aromatic heterocycles. The summed E-state index contributed by atoms with van der Waals surface area (Å²) in [7, 11) is 0. The Labute approximate surface area is 125 Å². The lowest BCUT2D eigenvalue weighted by Crippen LogP contribution is -2.25. The third-order valence-corrected chi connectivity index (χ3v) is 3.32. The highest BCUT2D eigenvalue weighted by molar-refractivity contribution is 5.91. The van der Waals surface area contributed by atoms with Crippen LogP contribution >= 0.6 is 0 Å². The number of rotatable bonds is 5. The predicted molar refractivity (Wildman–Crippen MR) is 83.6 cm³/mol. The number of hydrogen-bond acceptors (Lipinski definition) is 2. The van der Waals surface area contributed by atoms with Crippen LogP contribution in [0.3, 0.4) is 0 Å². The van der Waals surface area contributed by atoms with Crippen molar-refractivity contribution < 1.29 is 4.79 Å². The summed E-state index contributed by atoms with van der Waals surface area (Å²) < 4.78 is 0. The van der Waals surface area contributed by atoms with Crippen LogP contribution in [0.1, 0.15) is 18.9 Å². The average Bonchev–Trinajstić information content (AvgIpc) is 2.49. The third kappa shape index (κ3) is 4.47. The largest absolute Gasteiger partial charge is 0.326 e. The fourth-order valence-corrected chi connectivity index (χ4v) is 2.27. The predicted octanol–water partition coefficient (Wildman–Crippen LogP) is 3.79. The van der Waals surface area contributed by atoms with E-state index in [0.717, 1.165) is 11.3 Å². The normalized spacial score (nSPS) is 13.0. The smallest absolute Gasteiger partial charge is 0.225 e. The van der Waals surface area contributed by atoms with Crippen molar-refractivity contribution >= 4 is 11.6 Å². The topological polar surface area (TPSA) is 52.9 Å². The first-order chi connectivity index (χ1) is 10.1. The molecular formula is C18H18N2O. The lowest BCUT2D eigenvalue weighted by Gasteiger charge is -2.21. The summed E-state index contributed by atoms with van der Waals surface area (Å²) in [5, 5.41) is 12.3. The second kappa shape index (κ2) is 6.71. The Morgan fingerprint density at radius 2 is 1.67 bits per heavy atom. The Kier molecular flexibility index (Phi) is 4.73. The van der Waals surface area contributed by atoms with E-state index in [1.54, 1.807) is 0 Å². The van der Waals surface area contributed by atoms with Crippen molar-refractivity contribution in [2.75, 3.05) is 5.32 Å². The zero-order chi connectivity index (χ0) is 15.1. The molecule has 0 fully saturated rings. The molecule has 1 amide bonds. The summed E-state index contributed by atoms with van der Waals surface area (Å²) in [6.45, 7) is 1.82. The van der Waals surface area contributed by atoms with Crippen LogP contribution in [0.2, 0.25) is 0 Å². The number of nitrogens with one attached hydrogen (secondary N) is 1. The minimum atomic E-state index is -0.708. The number of para-hydroxylation sites is 1. The fourth-order valence-electron chi connectivity index (χ4n) is 2.27. The maximum absolute atomic E-state index is 12.1. The molecule has 0 saturated carbocycles. The fraction of sp³-hybridized carbons (Fsp3) is 0.222. The lowest BCUT2D eigenvalue weighted by molar-refractivity contribution is -0.117. The van der Waals surface area contributed by atoms with E-state index in [2.05, 4.69) is 11.4 Å². The van der Waals surface area contributed by atoms with Crippen molar-refractivity contribution in [3.63, 3.8) is 0 Å². The van der Waals surface area contributed by atoms with Crippen molar-refractivity contribution in [1.29, 1.82) is 5.26 Å². The molecule has 2 rings (SSSR count). The summed E-state index contributed by atoms with van der Waals surface area (Å²) in [5.74, 6) is -0.138. The van der Waals surface area contributed by atoms with Gasteiger partial charge in [-0.2, -0.15) is 5.26 Å². The second-order valence-electron chi connectivity index (χ2n) is 5.43. The number of nitrogens with zero attached hydrogens (tertiary/aromatic N) is 1. The monoisotopic (exact) mass is 278 g/mol. The van der Waals surface area contributed by atoms with Crippen molar-refractivity contribution in [2.24, 2.45) is 5.41 Å². The first-order valence-electron chi connectivity index (χ1n) is 6.91. The molecule has 1 unspecified atom stereocenters. The van der Waals surface area contributed by atoms with Crippen LogP contribution in [0, 0.1) is 16.7 Å². The van der Waals surface area contributed by atoms with Gasteiger partial charge >= 0.3 is 0 Å². The van der Waals surface area contributed by atoms with Crippen molar-refractivity contribution in [1.82, 2.24) is 0 Å². The average molecular weight is 278 g/mol. The maximum Gasteiger partial charge on any atom is 0.225 e. The summed E-state index contributed by atoms with van der Waals surface area (Å²) in [6, 6.07) is 21.3. The highest BCUT2D eigenvalue weighted by Crippen LogP contribution is 2.26. The summed E-state index contributed by atoms with van der Waals surface area (Å²) >= 11 is 0. The first-order valence-corrected chi connectivity index (χ1v) is 6.91. The van der Waals surface area contributed by atoms with Gasteiger partial charge in [-0.25, -0.2) is 0 Å². The van der Waals surface area contributed by atoms with Gasteiger partial charge in [0, 0.05) is 12.1 Å². The number of amides is 1. The van der Waals surface area contributed by atoms with Gasteiger partial charge in [-0.15, -0.1) is 0 Å². The molecule has 21 heavy (non-hydrogen) atoms. The zero-order valence-electron chi connectivity index (χ0n) is 12.0. The Hall–Kier alpha value is -2.60. The second-order valence-corrected chi connectivity index (χ2v) is 5.43. The molecule has 0 spiro atoms. The molecule has 3 heteroatoms. The molecule has 2 aromatic carbocycles. The molecule has 0 heterocycles. The van der Waals surface area contributed by atoms with E-state index in [9.17, 15) is 10.1 Å². The lowest BCUT2D eigenvalue weighted by atomic mass is 9.82. The van der Waals surface area contributed by atoms with Crippen LogP contribution in [-0.2, 0) is 11.2 Å². The molecule has 3 nitrogen and oxygen atoms in total. The van der Waals surface area contributed by atoms with E-state index < -0.39 is 5.41 Å². The van der Waals surface area contributed by atoms with E-state index in [-0.39, 0.29) is 12.3 Å². The van der Waals surface area contributed by atoms with Gasteiger partial charge in [0.05, 0.1) is 11.5 Å². The Bertz CT molecular complexity index is 631. The number of nitriles is 1. The van der Waals surface area contributed by atoms with Gasteiger partial charge in [-0.1, -0.05) is 48.5 Å². The van der Waals surface area contributed by atoms with Gasteiger partial charge in [0.25, 0.3) is 0 Å². The van der Waals surface area contributed by atoms with E-state index in [1.165, 1.54) is 0 Å². The maximum atomic E-state index is 12.1. The number of hydrogen-bond donors (Lipinski definition) is 1. The summed E-state index contributed by atoms with van der Waals surface area (Å²) in [4.78, 5) is 12.1. The van der Waals surface area contributed by atoms with E-state index in [0.29, 0.717) is 6.42 Å².